The molecule has 3 heterocycles. The van der Waals surface area contributed by atoms with Crippen LogP contribution in [0.3, 0.4) is 0 Å². The second-order valence-electron chi connectivity index (χ2n) is 12.8. The first kappa shape index (κ1) is 25.1. The third-order valence-electron chi connectivity index (χ3n) is 10.5. The van der Waals surface area contributed by atoms with Crippen molar-refractivity contribution >= 4 is 59.8 Å². The molecular weight excluding hydrogens is 572 g/mol. The Kier molecular flexibility index (Phi) is 4.78. The molecule has 0 unspecified atom stereocenters. The number of hydrogen-bond donors (Lipinski definition) is 0. The average molecular weight is 599 g/mol. The summed E-state index contributed by atoms with van der Waals surface area (Å²) in [7, 11) is 0. The van der Waals surface area contributed by atoms with Crippen LogP contribution in [0.4, 0.5) is 0 Å². The minimum absolute atomic E-state index is 0.0296. The lowest BCUT2D eigenvalue weighted by molar-refractivity contribution is 1.02. The molecule has 1 aliphatic rings. The molecular formula is C44H26N2O. The largest absolute Gasteiger partial charge is 0.309 e. The van der Waals surface area contributed by atoms with E-state index in [2.05, 4.69) is 138 Å². The molecule has 3 heteroatoms. The van der Waals surface area contributed by atoms with E-state index in [4.69, 9.17) is 0 Å². The monoisotopic (exact) mass is 598 g/mol. The van der Waals surface area contributed by atoms with Gasteiger partial charge in [-0.2, -0.15) is 0 Å². The normalized spacial score (nSPS) is 13.1. The molecule has 0 amide bonds. The quantitative estimate of drug-likeness (QED) is 0.182. The molecule has 0 saturated heterocycles. The second kappa shape index (κ2) is 8.96. The van der Waals surface area contributed by atoms with Crippen molar-refractivity contribution in [2.75, 3.05) is 0 Å². The molecule has 0 spiro atoms. The summed E-state index contributed by atoms with van der Waals surface area (Å²) in [5.41, 5.74) is 11.9. The van der Waals surface area contributed by atoms with E-state index in [0.717, 1.165) is 43.7 Å². The predicted molar refractivity (Wildman–Crippen MR) is 195 cm³/mol. The maximum atomic E-state index is 14.3. The van der Waals surface area contributed by atoms with Crippen LogP contribution in [0.5, 0.6) is 0 Å². The van der Waals surface area contributed by atoms with Gasteiger partial charge in [0.25, 0.3) is 5.56 Å². The molecule has 1 aliphatic carbocycles. The Bertz CT molecular complexity index is 2900. The molecule has 218 valence electrons. The molecule has 11 rings (SSSR count). The smallest absolute Gasteiger partial charge is 0.263 e. The first-order valence-electron chi connectivity index (χ1n) is 16.2. The van der Waals surface area contributed by atoms with Gasteiger partial charge in [-0.3, -0.25) is 9.20 Å². The van der Waals surface area contributed by atoms with E-state index < -0.39 is 0 Å². The highest BCUT2D eigenvalue weighted by Crippen LogP contribution is 2.49. The number of aromatic nitrogens is 2. The predicted octanol–water partition coefficient (Wildman–Crippen LogP) is 10.5. The van der Waals surface area contributed by atoms with E-state index in [0.29, 0.717) is 0 Å². The lowest BCUT2D eigenvalue weighted by Gasteiger charge is -2.15. The first-order valence-corrected chi connectivity index (χ1v) is 16.2. The van der Waals surface area contributed by atoms with E-state index >= 15 is 0 Å². The topological polar surface area (TPSA) is 26.4 Å². The Hall–Kier alpha value is -6.19. The van der Waals surface area contributed by atoms with Crippen LogP contribution in [0.1, 0.15) is 22.6 Å². The highest BCUT2D eigenvalue weighted by Gasteiger charge is 2.30. The molecule has 0 radical (unpaired) electrons. The fraction of sp³-hybridized carbons (Fsp3) is 0.0227. The highest BCUT2D eigenvalue weighted by molar-refractivity contribution is 6.21. The van der Waals surface area contributed by atoms with E-state index in [-0.39, 0.29) is 11.5 Å². The van der Waals surface area contributed by atoms with Crippen molar-refractivity contribution in [1.29, 1.82) is 0 Å². The summed E-state index contributed by atoms with van der Waals surface area (Å²) in [6, 6.07) is 54.2. The Balaban J connectivity index is 1.29. The second-order valence-corrected chi connectivity index (χ2v) is 12.8. The van der Waals surface area contributed by atoms with Gasteiger partial charge < -0.3 is 4.57 Å². The maximum absolute atomic E-state index is 14.3. The van der Waals surface area contributed by atoms with Gasteiger partial charge in [0, 0.05) is 43.9 Å². The molecule has 3 nitrogen and oxygen atoms in total. The van der Waals surface area contributed by atoms with E-state index in [1.54, 1.807) is 0 Å². The van der Waals surface area contributed by atoms with Crippen LogP contribution < -0.4 is 5.56 Å². The molecule has 7 aromatic carbocycles. The Morgan fingerprint density at radius 3 is 1.62 bits per heavy atom. The summed E-state index contributed by atoms with van der Waals surface area (Å²) in [5.74, 6) is 0.128. The van der Waals surface area contributed by atoms with Crippen LogP contribution in [0.25, 0.3) is 76.6 Å². The van der Waals surface area contributed by atoms with Crippen LogP contribution in [-0.2, 0) is 0 Å². The van der Waals surface area contributed by atoms with E-state index in [1.165, 1.54) is 49.6 Å². The van der Waals surface area contributed by atoms with E-state index in [1.807, 2.05) is 22.6 Å². The van der Waals surface area contributed by atoms with Gasteiger partial charge in [0.15, 0.2) is 0 Å². The zero-order valence-electron chi connectivity index (χ0n) is 25.3. The fourth-order valence-corrected chi connectivity index (χ4v) is 8.62. The molecule has 0 atom stereocenters. The van der Waals surface area contributed by atoms with Crippen molar-refractivity contribution in [2.24, 2.45) is 0 Å². The van der Waals surface area contributed by atoms with Gasteiger partial charge in [-0.05, 0) is 75.7 Å². The standard InChI is InChI=1S/C44H26N2O/c47-44-35-18-6-3-13-30(35)37-24-27(45-39-19-9-7-14-31(39)32-15-8-10-20-40(32)45)25-38-36-23-26(21-22-41(36)46(44)43(37)38)42-33-16-4-1-11-28(33)29-12-2-5-17-34(29)42/h1-25,42H. The molecule has 0 fully saturated rings. The van der Waals surface area contributed by atoms with Gasteiger partial charge in [-0.15, -0.1) is 0 Å². The number of nitrogens with zero attached hydrogens (tertiary/aromatic N) is 2. The zero-order chi connectivity index (χ0) is 30.8. The molecule has 3 aromatic heterocycles. The molecule has 47 heavy (non-hydrogen) atoms. The van der Waals surface area contributed by atoms with Crippen molar-refractivity contribution < 1.29 is 0 Å². The van der Waals surface area contributed by atoms with Gasteiger partial charge in [0.2, 0.25) is 0 Å². The number of fused-ring (bicyclic) bond motifs is 11. The van der Waals surface area contributed by atoms with Crippen LogP contribution >= 0.6 is 0 Å². The van der Waals surface area contributed by atoms with Crippen molar-refractivity contribution in [3.8, 4) is 16.8 Å². The number of benzene rings is 7. The van der Waals surface area contributed by atoms with Gasteiger partial charge >= 0.3 is 0 Å². The Morgan fingerprint density at radius 2 is 0.957 bits per heavy atom. The first-order chi connectivity index (χ1) is 23.3. The van der Waals surface area contributed by atoms with Crippen LogP contribution in [0, 0.1) is 0 Å². The lowest BCUT2D eigenvalue weighted by atomic mass is 9.88. The highest BCUT2D eigenvalue weighted by atomic mass is 16.1. The van der Waals surface area contributed by atoms with Gasteiger partial charge in [-0.25, -0.2) is 0 Å². The van der Waals surface area contributed by atoms with Crippen molar-refractivity contribution in [3.63, 3.8) is 0 Å². The van der Waals surface area contributed by atoms with Gasteiger partial charge in [-0.1, -0.05) is 109 Å². The average Bonchev–Trinajstić information content (AvgIpc) is 3.76. The summed E-state index contributed by atoms with van der Waals surface area (Å²) in [5, 5.41) is 7.47. The third-order valence-corrected chi connectivity index (χ3v) is 10.5. The molecule has 10 aromatic rings. The van der Waals surface area contributed by atoms with Crippen LogP contribution in [0.2, 0.25) is 0 Å². The number of hydrogen-bond acceptors (Lipinski definition) is 1. The summed E-state index contributed by atoms with van der Waals surface area (Å²) in [4.78, 5) is 14.3. The minimum atomic E-state index is 0.0296. The van der Waals surface area contributed by atoms with Gasteiger partial charge in [0.1, 0.15) is 0 Å². The molecule has 0 aliphatic heterocycles. The van der Waals surface area contributed by atoms with Crippen molar-refractivity contribution in [3.05, 3.63) is 179 Å². The zero-order valence-corrected chi connectivity index (χ0v) is 25.3. The van der Waals surface area contributed by atoms with E-state index in [9.17, 15) is 4.79 Å². The summed E-state index contributed by atoms with van der Waals surface area (Å²) < 4.78 is 4.34. The lowest BCUT2D eigenvalue weighted by Crippen LogP contribution is -2.13. The number of pyridine rings is 1. The molecule has 0 saturated carbocycles. The summed E-state index contributed by atoms with van der Waals surface area (Å²) in [6.45, 7) is 0. The third kappa shape index (κ3) is 3.18. The Labute approximate surface area is 269 Å². The molecule has 0 N–H and O–H groups in total. The van der Waals surface area contributed by atoms with Crippen molar-refractivity contribution in [2.45, 2.75) is 5.92 Å². The fourth-order valence-electron chi connectivity index (χ4n) is 8.62. The maximum Gasteiger partial charge on any atom is 0.263 e. The minimum Gasteiger partial charge on any atom is -0.309 e. The van der Waals surface area contributed by atoms with Crippen LogP contribution in [0.15, 0.2) is 156 Å². The molecule has 0 bridgehead atoms. The Morgan fingerprint density at radius 1 is 0.426 bits per heavy atom. The summed E-state index contributed by atoms with van der Waals surface area (Å²) >= 11 is 0. The van der Waals surface area contributed by atoms with Gasteiger partial charge in [0.05, 0.1) is 22.1 Å². The number of rotatable bonds is 2. The summed E-state index contributed by atoms with van der Waals surface area (Å²) in [6.07, 6.45) is 0. The number of para-hydroxylation sites is 2. The SMILES string of the molecule is O=c1c2ccccc2c2cc(-n3c4ccccc4c4ccccc43)cc3c4cc(C5c6ccccc6-c6ccccc65)ccc4n1c23. The van der Waals surface area contributed by atoms with Crippen molar-refractivity contribution in [1.82, 2.24) is 8.97 Å². The van der Waals surface area contributed by atoms with Crippen LogP contribution in [-0.4, -0.2) is 8.97 Å².